The number of hydrogen-bond donors (Lipinski definition) is 1. The van der Waals surface area contributed by atoms with Gasteiger partial charge in [0.1, 0.15) is 0 Å². The number of nitrogens with two attached hydrogens (primary N) is 1. The molecule has 0 saturated heterocycles. The van der Waals surface area contributed by atoms with Crippen LogP contribution in [0.5, 0.6) is 0 Å². The van der Waals surface area contributed by atoms with Crippen LogP contribution < -0.4 is 5.73 Å². The van der Waals surface area contributed by atoms with Gasteiger partial charge in [-0.25, -0.2) is 0 Å². The summed E-state index contributed by atoms with van der Waals surface area (Å²) >= 11 is 7.50. The highest BCUT2D eigenvalue weighted by molar-refractivity contribution is 7.16. The first-order chi connectivity index (χ1) is 6.39. The molecule has 0 aliphatic rings. The molecule has 80 valence electrons. The predicted molar refractivity (Wildman–Crippen MR) is 65.1 cm³/mol. The fourth-order valence-corrected chi connectivity index (χ4v) is 2.32. The summed E-state index contributed by atoms with van der Waals surface area (Å²) in [6.07, 6.45) is 2.07. The topological polar surface area (TPSA) is 26.0 Å². The molecule has 1 nitrogen and oxygen atoms in total. The molecule has 0 aliphatic heterocycles. The van der Waals surface area contributed by atoms with Gasteiger partial charge in [-0.15, -0.1) is 11.3 Å². The van der Waals surface area contributed by atoms with Crippen LogP contribution in [0.15, 0.2) is 12.1 Å². The van der Waals surface area contributed by atoms with Gasteiger partial charge in [0, 0.05) is 10.9 Å². The standard InChI is InChI=1S/C11H18ClNS/c1-11(2,3)9(13)6-4-8-5-7-10(12)14-8/h5,7,9H,4,6,13H2,1-3H3. The van der Waals surface area contributed by atoms with Gasteiger partial charge >= 0.3 is 0 Å². The van der Waals surface area contributed by atoms with E-state index in [4.69, 9.17) is 17.3 Å². The maximum atomic E-state index is 6.08. The minimum atomic E-state index is 0.195. The Morgan fingerprint density at radius 1 is 1.43 bits per heavy atom. The summed E-state index contributed by atoms with van der Waals surface area (Å²) in [5, 5.41) is 0. The van der Waals surface area contributed by atoms with Crippen LogP contribution in [0.2, 0.25) is 4.34 Å². The van der Waals surface area contributed by atoms with Gasteiger partial charge in [-0.3, -0.25) is 0 Å². The number of rotatable bonds is 3. The summed E-state index contributed by atoms with van der Waals surface area (Å²) in [5.41, 5.74) is 6.27. The molecular weight excluding hydrogens is 214 g/mol. The van der Waals surface area contributed by atoms with Crippen molar-refractivity contribution in [3.8, 4) is 0 Å². The van der Waals surface area contributed by atoms with Crippen molar-refractivity contribution in [2.24, 2.45) is 11.1 Å². The largest absolute Gasteiger partial charge is 0.327 e. The average molecular weight is 232 g/mol. The van der Waals surface area contributed by atoms with Gasteiger partial charge in [0.2, 0.25) is 0 Å². The van der Waals surface area contributed by atoms with E-state index in [9.17, 15) is 0 Å². The van der Waals surface area contributed by atoms with E-state index in [-0.39, 0.29) is 11.5 Å². The van der Waals surface area contributed by atoms with Gasteiger partial charge in [-0.2, -0.15) is 0 Å². The Labute approximate surface area is 95.3 Å². The fraction of sp³-hybridized carbons (Fsp3) is 0.636. The minimum absolute atomic E-state index is 0.195. The molecule has 0 saturated carbocycles. The highest BCUT2D eigenvalue weighted by atomic mass is 35.5. The van der Waals surface area contributed by atoms with E-state index in [1.165, 1.54) is 4.88 Å². The van der Waals surface area contributed by atoms with E-state index in [2.05, 4.69) is 26.8 Å². The SMILES string of the molecule is CC(C)(C)C(N)CCc1ccc(Cl)s1. The first kappa shape index (κ1) is 12.0. The third-order valence-corrected chi connectivity index (χ3v) is 3.73. The highest BCUT2D eigenvalue weighted by Gasteiger charge is 2.20. The van der Waals surface area contributed by atoms with Crippen LogP contribution in [0.4, 0.5) is 0 Å². The molecule has 3 heteroatoms. The molecule has 1 atom stereocenters. The Balaban J connectivity index is 2.41. The lowest BCUT2D eigenvalue weighted by atomic mass is 9.85. The van der Waals surface area contributed by atoms with Gasteiger partial charge in [-0.1, -0.05) is 32.4 Å². The second kappa shape index (κ2) is 4.65. The summed E-state index contributed by atoms with van der Waals surface area (Å²) < 4.78 is 0.865. The van der Waals surface area contributed by atoms with Gasteiger partial charge in [0.25, 0.3) is 0 Å². The van der Waals surface area contributed by atoms with Crippen molar-refractivity contribution >= 4 is 22.9 Å². The monoisotopic (exact) mass is 231 g/mol. The fourth-order valence-electron chi connectivity index (χ4n) is 1.22. The summed E-state index contributed by atoms with van der Waals surface area (Å²) in [5.74, 6) is 0. The summed E-state index contributed by atoms with van der Waals surface area (Å²) in [7, 11) is 0. The molecule has 0 spiro atoms. The first-order valence-electron chi connectivity index (χ1n) is 4.89. The van der Waals surface area contributed by atoms with E-state index in [0.29, 0.717) is 0 Å². The van der Waals surface area contributed by atoms with Crippen molar-refractivity contribution in [3.05, 3.63) is 21.3 Å². The summed E-state index contributed by atoms with van der Waals surface area (Å²) in [6.45, 7) is 6.54. The number of hydrogen-bond acceptors (Lipinski definition) is 2. The van der Waals surface area contributed by atoms with Crippen LogP contribution >= 0.6 is 22.9 Å². The molecule has 0 bridgehead atoms. The Kier molecular flexibility index (Phi) is 3.99. The summed E-state index contributed by atoms with van der Waals surface area (Å²) in [4.78, 5) is 1.33. The molecule has 0 fully saturated rings. The third kappa shape index (κ3) is 3.60. The predicted octanol–water partition coefficient (Wildman–Crippen LogP) is 3.71. The van der Waals surface area contributed by atoms with Crippen molar-refractivity contribution in [2.75, 3.05) is 0 Å². The molecule has 0 aromatic carbocycles. The van der Waals surface area contributed by atoms with Crippen molar-refractivity contribution in [2.45, 2.75) is 39.7 Å². The lowest BCUT2D eigenvalue weighted by molar-refractivity contribution is 0.306. The second-order valence-corrected chi connectivity index (χ2v) is 6.52. The Hall–Kier alpha value is -0.0500. The van der Waals surface area contributed by atoms with Gasteiger partial charge in [-0.05, 0) is 30.4 Å². The average Bonchev–Trinajstić information content (AvgIpc) is 2.45. The zero-order chi connectivity index (χ0) is 10.8. The molecule has 1 aromatic rings. The zero-order valence-corrected chi connectivity index (χ0v) is 10.6. The maximum Gasteiger partial charge on any atom is 0.0931 e. The smallest absolute Gasteiger partial charge is 0.0931 e. The number of halogens is 1. The third-order valence-electron chi connectivity index (χ3n) is 2.44. The van der Waals surface area contributed by atoms with Crippen molar-refractivity contribution < 1.29 is 0 Å². The van der Waals surface area contributed by atoms with Crippen LogP contribution in [0.3, 0.4) is 0 Å². The quantitative estimate of drug-likeness (QED) is 0.844. The molecule has 1 heterocycles. The Bertz CT molecular complexity index is 288. The Morgan fingerprint density at radius 2 is 2.07 bits per heavy atom. The number of aryl methyl sites for hydroxylation is 1. The highest BCUT2D eigenvalue weighted by Crippen LogP contribution is 2.25. The van der Waals surface area contributed by atoms with Gasteiger partial charge in [0.05, 0.1) is 4.34 Å². The molecule has 2 N–H and O–H groups in total. The lowest BCUT2D eigenvalue weighted by Crippen LogP contribution is -2.35. The number of thiophene rings is 1. The lowest BCUT2D eigenvalue weighted by Gasteiger charge is -2.26. The van der Waals surface area contributed by atoms with Crippen molar-refractivity contribution in [1.82, 2.24) is 0 Å². The maximum absolute atomic E-state index is 6.08. The molecular formula is C11H18ClNS. The second-order valence-electron chi connectivity index (χ2n) is 4.72. The molecule has 14 heavy (non-hydrogen) atoms. The minimum Gasteiger partial charge on any atom is -0.327 e. The van der Waals surface area contributed by atoms with Crippen LogP contribution in [0.25, 0.3) is 0 Å². The van der Waals surface area contributed by atoms with E-state index >= 15 is 0 Å². The van der Waals surface area contributed by atoms with Crippen LogP contribution in [0, 0.1) is 5.41 Å². The van der Waals surface area contributed by atoms with E-state index < -0.39 is 0 Å². The van der Waals surface area contributed by atoms with Crippen molar-refractivity contribution in [3.63, 3.8) is 0 Å². The van der Waals surface area contributed by atoms with Crippen LogP contribution in [-0.4, -0.2) is 6.04 Å². The van der Waals surface area contributed by atoms with Crippen LogP contribution in [0.1, 0.15) is 32.1 Å². The van der Waals surface area contributed by atoms with Gasteiger partial charge in [0.15, 0.2) is 0 Å². The molecule has 1 aromatic heterocycles. The van der Waals surface area contributed by atoms with E-state index in [0.717, 1.165) is 17.2 Å². The molecule has 0 aliphatic carbocycles. The molecule has 1 rings (SSSR count). The van der Waals surface area contributed by atoms with E-state index in [1.54, 1.807) is 11.3 Å². The summed E-state index contributed by atoms with van der Waals surface area (Å²) in [6, 6.07) is 4.29. The molecule has 0 amide bonds. The molecule has 1 unspecified atom stereocenters. The van der Waals surface area contributed by atoms with E-state index in [1.807, 2.05) is 6.07 Å². The van der Waals surface area contributed by atoms with Gasteiger partial charge < -0.3 is 5.73 Å². The van der Waals surface area contributed by atoms with Crippen molar-refractivity contribution in [1.29, 1.82) is 0 Å². The first-order valence-corrected chi connectivity index (χ1v) is 6.09. The Morgan fingerprint density at radius 3 is 2.50 bits per heavy atom. The zero-order valence-electron chi connectivity index (χ0n) is 9.01. The normalized spacial score (nSPS) is 14.4. The van der Waals surface area contributed by atoms with Crippen LogP contribution in [-0.2, 0) is 6.42 Å². The molecule has 0 radical (unpaired) electrons.